The van der Waals surface area contributed by atoms with Gasteiger partial charge in [0, 0.05) is 38.9 Å². The number of halogens is 1. The molecule has 0 aromatic heterocycles. The van der Waals surface area contributed by atoms with Crippen molar-refractivity contribution in [3.05, 3.63) is 89.2 Å². The van der Waals surface area contributed by atoms with Gasteiger partial charge in [-0.15, -0.1) is 0 Å². The minimum atomic E-state index is -4.07. The van der Waals surface area contributed by atoms with Gasteiger partial charge in [0.05, 0.1) is 10.6 Å². The fourth-order valence-electron chi connectivity index (χ4n) is 3.20. The van der Waals surface area contributed by atoms with Gasteiger partial charge in [-0.2, -0.15) is 0 Å². The Labute approximate surface area is 188 Å². The van der Waals surface area contributed by atoms with E-state index in [1.807, 2.05) is 43.3 Å². The molecule has 0 spiro atoms. The number of hydrogen-bond acceptors (Lipinski definition) is 4. The third-order valence-electron chi connectivity index (χ3n) is 5.09. The van der Waals surface area contributed by atoms with E-state index in [9.17, 15) is 17.6 Å². The Morgan fingerprint density at radius 1 is 0.969 bits per heavy atom. The fraction of sp³-hybridized carbons (Fsp3) is 0.208. The van der Waals surface area contributed by atoms with Crippen molar-refractivity contribution in [2.24, 2.45) is 0 Å². The average Bonchev–Trinajstić information content (AvgIpc) is 2.75. The van der Waals surface area contributed by atoms with Crippen molar-refractivity contribution >= 4 is 27.3 Å². The first kappa shape index (κ1) is 23.3. The van der Waals surface area contributed by atoms with E-state index in [0.29, 0.717) is 12.1 Å². The highest BCUT2D eigenvalue weighted by Crippen LogP contribution is 2.22. The SMILES string of the molecule is Cc1ccc(S(=O)(=O)Nc2ccccc2F)cc1C(=O)N(C)Cc1ccc(N(C)C)cc1. The summed E-state index contributed by atoms with van der Waals surface area (Å²) in [6.07, 6.45) is 0. The number of carbonyl (C=O) groups is 1. The van der Waals surface area contributed by atoms with Crippen molar-refractivity contribution in [3.8, 4) is 0 Å². The molecule has 8 heteroatoms. The summed E-state index contributed by atoms with van der Waals surface area (Å²) in [6.45, 7) is 2.12. The second-order valence-electron chi connectivity index (χ2n) is 7.78. The standard InChI is InChI=1S/C24H26FN3O3S/c1-17-9-14-20(32(30,31)26-23-8-6-5-7-22(23)25)15-21(17)24(29)28(4)16-18-10-12-19(13-11-18)27(2)3/h5-15,26H,16H2,1-4H3. The van der Waals surface area contributed by atoms with Crippen molar-refractivity contribution in [3.63, 3.8) is 0 Å². The first-order valence-electron chi connectivity index (χ1n) is 9.98. The Balaban J connectivity index is 1.82. The second kappa shape index (κ2) is 9.40. The first-order valence-corrected chi connectivity index (χ1v) is 11.5. The van der Waals surface area contributed by atoms with Crippen LogP contribution in [0.5, 0.6) is 0 Å². The molecule has 3 aromatic carbocycles. The van der Waals surface area contributed by atoms with Crippen molar-refractivity contribution < 1.29 is 17.6 Å². The third kappa shape index (κ3) is 5.26. The van der Waals surface area contributed by atoms with Crippen molar-refractivity contribution in [2.75, 3.05) is 30.8 Å². The number of rotatable bonds is 7. The average molecular weight is 456 g/mol. The van der Waals surface area contributed by atoms with Gasteiger partial charge in [-0.1, -0.05) is 30.3 Å². The maximum absolute atomic E-state index is 13.9. The second-order valence-corrected chi connectivity index (χ2v) is 9.47. The number of benzene rings is 3. The number of aryl methyl sites for hydroxylation is 1. The fourth-order valence-corrected chi connectivity index (χ4v) is 4.29. The highest BCUT2D eigenvalue weighted by atomic mass is 32.2. The molecule has 0 saturated heterocycles. The van der Waals surface area contributed by atoms with Gasteiger partial charge in [0.15, 0.2) is 0 Å². The summed E-state index contributed by atoms with van der Waals surface area (Å²) >= 11 is 0. The predicted octanol–water partition coefficient (Wildman–Crippen LogP) is 4.27. The lowest BCUT2D eigenvalue weighted by atomic mass is 10.1. The molecule has 0 atom stereocenters. The van der Waals surface area contributed by atoms with Gasteiger partial charge >= 0.3 is 0 Å². The van der Waals surface area contributed by atoms with E-state index < -0.39 is 15.8 Å². The van der Waals surface area contributed by atoms with Crippen LogP contribution in [0.2, 0.25) is 0 Å². The van der Waals surface area contributed by atoms with Crippen LogP contribution in [-0.2, 0) is 16.6 Å². The van der Waals surface area contributed by atoms with Crippen LogP contribution in [-0.4, -0.2) is 40.4 Å². The molecule has 32 heavy (non-hydrogen) atoms. The molecular weight excluding hydrogens is 429 g/mol. The number of nitrogens with zero attached hydrogens (tertiary/aromatic N) is 2. The van der Waals surface area contributed by atoms with Crippen LogP contribution in [0.15, 0.2) is 71.6 Å². The molecule has 0 fully saturated rings. The van der Waals surface area contributed by atoms with Crippen LogP contribution in [0.25, 0.3) is 0 Å². The van der Waals surface area contributed by atoms with E-state index in [4.69, 9.17) is 0 Å². The van der Waals surface area contributed by atoms with Crippen molar-refractivity contribution in [1.82, 2.24) is 4.90 Å². The topological polar surface area (TPSA) is 69.7 Å². The number of sulfonamides is 1. The van der Waals surface area contributed by atoms with Gasteiger partial charge in [0.1, 0.15) is 5.82 Å². The van der Waals surface area contributed by atoms with Gasteiger partial charge in [0.2, 0.25) is 0 Å². The molecule has 0 aliphatic heterocycles. The molecule has 0 aliphatic rings. The number of carbonyl (C=O) groups excluding carboxylic acids is 1. The van der Waals surface area contributed by atoms with Crippen LogP contribution < -0.4 is 9.62 Å². The number of anilines is 2. The Morgan fingerprint density at radius 2 is 1.62 bits per heavy atom. The summed E-state index contributed by atoms with van der Waals surface area (Å²) in [5, 5.41) is 0. The lowest BCUT2D eigenvalue weighted by Gasteiger charge is -2.20. The van der Waals surface area contributed by atoms with Gasteiger partial charge in [-0.05, 0) is 54.4 Å². The molecule has 0 heterocycles. The summed E-state index contributed by atoms with van der Waals surface area (Å²) in [6, 6.07) is 17.6. The van der Waals surface area contributed by atoms with E-state index in [0.717, 1.165) is 11.3 Å². The predicted molar refractivity (Wildman–Crippen MR) is 125 cm³/mol. The largest absolute Gasteiger partial charge is 0.378 e. The highest BCUT2D eigenvalue weighted by Gasteiger charge is 2.21. The van der Waals surface area contributed by atoms with Crippen molar-refractivity contribution in [2.45, 2.75) is 18.4 Å². The van der Waals surface area contributed by atoms with Crippen LogP contribution in [0, 0.1) is 12.7 Å². The Hall–Kier alpha value is -3.39. The van der Waals surface area contributed by atoms with Crippen molar-refractivity contribution in [1.29, 1.82) is 0 Å². The summed E-state index contributed by atoms with van der Waals surface area (Å²) in [7, 11) is 1.50. The Morgan fingerprint density at radius 3 is 2.25 bits per heavy atom. The molecule has 168 valence electrons. The molecule has 3 aromatic rings. The normalized spacial score (nSPS) is 11.2. The van der Waals surface area contributed by atoms with Gasteiger partial charge in [-0.3, -0.25) is 9.52 Å². The molecule has 0 radical (unpaired) electrons. The minimum Gasteiger partial charge on any atom is -0.378 e. The molecule has 0 unspecified atom stereocenters. The van der Waals surface area contributed by atoms with Gasteiger partial charge in [-0.25, -0.2) is 12.8 Å². The zero-order chi connectivity index (χ0) is 23.5. The van der Waals surface area contributed by atoms with E-state index in [1.165, 1.54) is 41.3 Å². The Bertz CT molecular complexity index is 1230. The van der Waals surface area contributed by atoms with E-state index in [1.54, 1.807) is 20.0 Å². The first-order chi connectivity index (χ1) is 15.1. The summed E-state index contributed by atoms with van der Waals surface area (Å²) in [5.74, 6) is -0.985. The highest BCUT2D eigenvalue weighted by molar-refractivity contribution is 7.92. The summed E-state index contributed by atoms with van der Waals surface area (Å²) in [5.41, 5.74) is 2.77. The molecule has 6 nitrogen and oxygen atoms in total. The van der Waals surface area contributed by atoms with E-state index >= 15 is 0 Å². The van der Waals surface area contributed by atoms with E-state index in [2.05, 4.69) is 4.72 Å². The molecule has 3 rings (SSSR count). The monoisotopic (exact) mass is 455 g/mol. The van der Waals surface area contributed by atoms with Crippen LogP contribution >= 0.6 is 0 Å². The molecule has 0 aliphatic carbocycles. The summed E-state index contributed by atoms with van der Waals surface area (Å²) < 4.78 is 41.7. The number of para-hydroxylation sites is 1. The lowest BCUT2D eigenvalue weighted by molar-refractivity contribution is 0.0784. The third-order valence-corrected chi connectivity index (χ3v) is 6.45. The molecule has 1 N–H and O–H groups in total. The lowest BCUT2D eigenvalue weighted by Crippen LogP contribution is -2.27. The number of hydrogen-bond donors (Lipinski definition) is 1. The number of amides is 1. The minimum absolute atomic E-state index is 0.113. The zero-order valence-electron chi connectivity index (χ0n) is 18.5. The maximum atomic E-state index is 13.9. The van der Waals surface area contributed by atoms with Crippen LogP contribution in [0.4, 0.5) is 15.8 Å². The van der Waals surface area contributed by atoms with Gasteiger partial charge in [0.25, 0.3) is 15.9 Å². The van der Waals surface area contributed by atoms with Gasteiger partial charge < -0.3 is 9.80 Å². The van der Waals surface area contributed by atoms with Crippen LogP contribution in [0.1, 0.15) is 21.5 Å². The maximum Gasteiger partial charge on any atom is 0.262 e. The zero-order valence-corrected chi connectivity index (χ0v) is 19.3. The molecule has 1 amide bonds. The smallest absolute Gasteiger partial charge is 0.262 e. The molecular formula is C24H26FN3O3S. The molecule has 0 saturated carbocycles. The van der Waals surface area contributed by atoms with Crippen LogP contribution in [0.3, 0.4) is 0 Å². The Kier molecular flexibility index (Phi) is 6.84. The quantitative estimate of drug-likeness (QED) is 0.578. The van der Waals surface area contributed by atoms with E-state index in [-0.39, 0.29) is 22.1 Å². The molecule has 0 bridgehead atoms. The summed E-state index contributed by atoms with van der Waals surface area (Å²) in [4.78, 5) is 16.5. The number of nitrogens with one attached hydrogen (secondary N) is 1.